The van der Waals surface area contributed by atoms with Crippen molar-refractivity contribution < 1.29 is 13.6 Å². The molecule has 14 heavy (non-hydrogen) atoms. The summed E-state index contributed by atoms with van der Waals surface area (Å²) < 4.78 is 24.7. The predicted octanol–water partition coefficient (Wildman–Crippen LogP) is 2.51. The van der Waals surface area contributed by atoms with Crippen LogP contribution in [0.4, 0.5) is 8.78 Å². The van der Waals surface area contributed by atoms with Gasteiger partial charge in [0.1, 0.15) is 5.69 Å². The number of rotatable bonds is 2. The molecule has 5 heteroatoms. The van der Waals surface area contributed by atoms with Crippen molar-refractivity contribution >= 4 is 5.78 Å². The van der Waals surface area contributed by atoms with Gasteiger partial charge in [0.05, 0.1) is 0 Å². The average molecular weight is 202 g/mol. The lowest BCUT2D eigenvalue weighted by molar-refractivity contribution is 0.0557. The van der Waals surface area contributed by atoms with E-state index in [0.717, 1.165) is 6.20 Å². The first kappa shape index (κ1) is 10.8. The molecular formula is C9H12F2N2O. The van der Waals surface area contributed by atoms with Crippen molar-refractivity contribution in [1.29, 1.82) is 0 Å². The van der Waals surface area contributed by atoms with Crippen LogP contribution in [0, 0.1) is 5.41 Å². The Hall–Kier alpha value is -1.26. The van der Waals surface area contributed by atoms with Gasteiger partial charge >= 0.3 is 6.55 Å². The van der Waals surface area contributed by atoms with Crippen molar-refractivity contribution in [2.24, 2.45) is 5.41 Å². The van der Waals surface area contributed by atoms with E-state index in [2.05, 4.69) is 5.10 Å². The lowest BCUT2D eigenvalue weighted by atomic mass is 9.89. The first-order valence-electron chi connectivity index (χ1n) is 4.20. The van der Waals surface area contributed by atoms with E-state index in [9.17, 15) is 13.6 Å². The van der Waals surface area contributed by atoms with Gasteiger partial charge in [-0.1, -0.05) is 20.8 Å². The Morgan fingerprint density at radius 2 is 2.07 bits per heavy atom. The summed E-state index contributed by atoms with van der Waals surface area (Å²) in [5.41, 5.74) is -0.515. The normalized spacial score (nSPS) is 12.1. The highest BCUT2D eigenvalue weighted by Crippen LogP contribution is 2.20. The topological polar surface area (TPSA) is 34.9 Å². The van der Waals surface area contributed by atoms with Gasteiger partial charge in [0.15, 0.2) is 5.78 Å². The van der Waals surface area contributed by atoms with Crippen LogP contribution < -0.4 is 0 Å². The Balaban J connectivity index is 2.93. The molecule has 0 spiro atoms. The summed E-state index contributed by atoms with van der Waals surface area (Å²) in [7, 11) is 0. The molecule has 1 heterocycles. The molecule has 0 bridgehead atoms. The minimum absolute atomic E-state index is 0.0813. The third-order valence-corrected chi connectivity index (χ3v) is 1.72. The number of carbonyl (C=O) groups excluding carboxylic acids is 1. The van der Waals surface area contributed by atoms with Crippen LogP contribution >= 0.6 is 0 Å². The number of Topliss-reactive ketones (excluding diaryl/α,β-unsaturated/α-hetero) is 1. The summed E-state index contributed by atoms with van der Waals surface area (Å²) in [6, 6.07) is 1.31. The summed E-state index contributed by atoms with van der Waals surface area (Å²) in [4.78, 5) is 11.6. The molecule has 1 aromatic rings. The van der Waals surface area contributed by atoms with Crippen LogP contribution in [0.15, 0.2) is 12.3 Å². The molecule has 0 unspecified atom stereocenters. The van der Waals surface area contributed by atoms with Crippen molar-refractivity contribution in [2.75, 3.05) is 0 Å². The highest BCUT2D eigenvalue weighted by atomic mass is 19.3. The largest absolute Gasteiger partial charge is 0.333 e. The van der Waals surface area contributed by atoms with Gasteiger partial charge in [0.2, 0.25) is 0 Å². The fraction of sp³-hybridized carbons (Fsp3) is 0.556. The summed E-state index contributed by atoms with van der Waals surface area (Å²) in [5.74, 6) is -0.239. The Morgan fingerprint density at radius 3 is 2.43 bits per heavy atom. The molecule has 3 nitrogen and oxygen atoms in total. The number of ketones is 1. The molecule has 0 saturated heterocycles. The van der Waals surface area contributed by atoms with Crippen LogP contribution in [0.5, 0.6) is 0 Å². The monoisotopic (exact) mass is 202 g/mol. The van der Waals surface area contributed by atoms with Crippen LogP contribution in [0.2, 0.25) is 0 Å². The first-order chi connectivity index (χ1) is 6.32. The third-order valence-electron chi connectivity index (χ3n) is 1.72. The molecule has 0 atom stereocenters. The molecule has 0 N–H and O–H groups in total. The molecule has 0 aliphatic rings. The molecule has 78 valence electrons. The van der Waals surface area contributed by atoms with Crippen LogP contribution in [-0.2, 0) is 0 Å². The number of nitrogens with zero attached hydrogens (tertiary/aromatic N) is 2. The Labute approximate surface area is 80.7 Å². The summed E-state index contributed by atoms with van der Waals surface area (Å²) >= 11 is 0. The van der Waals surface area contributed by atoms with Gasteiger partial charge in [-0.05, 0) is 6.07 Å². The lowest BCUT2D eigenvalue weighted by Gasteiger charge is -2.14. The van der Waals surface area contributed by atoms with E-state index in [-0.39, 0.29) is 11.5 Å². The minimum Gasteiger partial charge on any atom is -0.292 e. The van der Waals surface area contributed by atoms with E-state index < -0.39 is 12.0 Å². The van der Waals surface area contributed by atoms with Crippen molar-refractivity contribution in [3.8, 4) is 0 Å². The van der Waals surface area contributed by atoms with E-state index in [4.69, 9.17) is 0 Å². The highest BCUT2D eigenvalue weighted by Gasteiger charge is 2.25. The van der Waals surface area contributed by atoms with Crippen LogP contribution in [0.1, 0.15) is 37.8 Å². The SMILES string of the molecule is CC(C)(C)C(=O)c1ccn(C(F)F)n1. The number of aromatic nitrogens is 2. The maximum absolute atomic E-state index is 12.1. The predicted molar refractivity (Wildman–Crippen MR) is 47.3 cm³/mol. The number of alkyl halides is 2. The molecule has 1 rings (SSSR count). The van der Waals surface area contributed by atoms with Crippen molar-refractivity contribution in [3.63, 3.8) is 0 Å². The molecule has 0 amide bonds. The number of carbonyl (C=O) groups is 1. The Bertz CT molecular complexity index is 339. The molecule has 0 aliphatic heterocycles. The molecule has 0 aliphatic carbocycles. The second-order valence-corrected chi connectivity index (χ2v) is 4.04. The van der Waals surface area contributed by atoms with Gasteiger partial charge in [0, 0.05) is 11.6 Å². The maximum Gasteiger partial charge on any atom is 0.333 e. The first-order valence-corrected chi connectivity index (χ1v) is 4.20. The Kier molecular flexibility index (Phi) is 2.69. The second-order valence-electron chi connectivity index (χ2n) is 4.04. The van der Waals surface area contributed by atoms with Crippen LogP contribution in [-0.4, -0.2) is 15.6 Å². The zero-order chi connectivity index (χ0) is 10.9. The van der Waals surface area contributed by atoms with E-state index in [1.165, 1.54) is 6.07 Å². The molecule has 1 aromatic heterocycles. The van der Waals surface area contributed by atoms with Crippen molar-refractivity contribution in [1.82, 2.24) is 9.78 Å². The fourth-order valence-electron chi connectivity index (χ4n) is 0.952. The van der Waals surface area contributed by atoms with Gasteiger partial charge in [-0.25, -0.2) is 4.68 Å². The van der Waals surface area contributed by atoms with E-state index in [1.54, 1.807) is 20.8 Å². The van der Waals surface area contributed by atoms with Gasteiger partial charge < -0.3 is 0 Å². The van der Waals surface area contributed by atoms with Crippen molar-refractivity contribution in [3.05, 3.63) is 18.0 Å². The summed E-state index contributed by atoms with van der Waals surface area (Å²) in [6.45, 7) is 2.46. The Morgan fingerprint density at radius 1 is 1.50 bits per heavy atom. The van der Waals surface area contributed by atoms with E-state index in [1.807, 2.05) is 0 Å². The minimum atomic E-state index is -2.70. The van der Waals surface area contributed by atoms with Gasteiger partial charge in [-0.2, -0.15) is 13.9 Å². The van der Waals surface area contributed by atoms with Gasteiger partial charge in [-0.3, -0.25) is 4.79 Å². The number of hydrogen-bond acceptors (Lipinski definition) is 2. The number of hydrogen-bond donors (Lipinski definition) is 0. The standard InChI is InChI=1S/C9H12F2N2O/c1-9(2,3)7(14)6-4-5-13(12-6)8(10)11/h4-5,8H,1-3H3. The average Bonchev–Trinajstić information content (AvgIpc) is 2.48. The van der Waals surface area contributed by atoms with E-state index >= 15 is 0 Å². The molecule has 0 radical (unpaired) electrons. The lowest BCUT2D eigenvalue weighted by Crippen LogP contribution is -2.21. The number of halogens is 2. The van der Waals surface area contributed by atoms with Crippen LogP contribution in [0.25, 0.3) is 0 Å². The molecule has 0 aromatic carbocycles. The zero-order valence-electron chi connectivity index (χ0n) is 8.29. The smallest absolute Gasteiger partial charge is 0.292 e. The molecule has 0 saturated carbocycles. The second kappa shape index (κ2) is 3.48. The highest BCUT2D eigenvalue weighted by molar-refractivity contribution is 5.97. The molecule has 0 fully saturated rings. The quantitative estimate of drug-likeness (QED) is 0.690. The maximum atomic E-state index is 12.1. The third kappa shape index (κ3) is 2.16. The molecular weight excluding hydrogens is 190 g/mol. The van der Waals surface area contributed by atoms with Gasteiger partial charge in [-0.15, -0.1) is 0 Å². The van der Waals surface area contributed by atoms with Gasteiger partial charge in [0.25, 0.3) is 0 Å². The summed E-state index contributed by atoms with van der Waals surface area (Å²) in [5, 5.41) is 3.49. The summed E-state index contributed by atoms with van der Waals surface area (Å²) in [6.07, 6.45) is 1.10. The fourth-order valence-corrected chi connectivity index (χ4v) is 0.952. The zero-order valence-corrected chi connectivity index (χ0v) is 8.29. The van der Waals surface area contributed by atoms with E-state index in [0.29, 0.717) is 4.68 Å². The van der Waals surface area contributed by atoms with Crippen molar-refractivity contribution in [2.45, 2.75) is 27.3 Å². The van der Waals surface area contributed by atoms with Crippen LogP contribution in [0.3, 0.4) is 0 Å².